The minimum absolute atomic E-state index is 0.453. The van der Waals surface area contributed by atoms with Gasteiger partial charge in [0.25, 0.3) is 0 Å². The lowest BCUT2D eigenvalue weighted by atomic mass is 9.89. The molecule has 0 saturated carbocycles. The normalized spacial score (nSPS) is 23.3. The van der Waals surface area contributed by atoms with E-state index in [-0.39, 0.29) is 0 Å². The Balaban J connectivity index is 1.52. The molecule has 0 aliphatic heterocycles. The predicted molar refractivity (Wildman–Crippen MR) is 122 cm³/mol. The van der Waals surface area contributed by atoms with E-state index < -0.39 is 0 Å². The molecule has 0 radical (unpaired) electrons. The van der Waals surface area contributed by atoms with Gasteiger partial charge in [-0.3, -0.25) is 0 Å². The first-order chi connectivity index (χ1) is 13.5. The van der Waals surface area contributed by atoms with Crippen LogP contribution in [0.15, 0.2) is 59.8 Å². The number of allylic oxidation sites excluding steroid dienone is 3. The van der Waals surface area contributed by atoms with Gasteiger partial charge in [-0.05, 0) is 74.5 Å². The van der Waals surface area contributed by atoms with Crippen LogP contribution in [-0.4, -0.2) is 12.6 Å². The van der Waals surface area contributed by atoms with Crippen molar-refractivity contribution >= 4 is 5.69 Å². The van der Waals surface area contributed by atoms with Gasteiger partial charge in [0, 0.05) is 17.9 Å². The van der Waals surface area contributed by atoms with E-state index in [4.69, 9.17) is 0 Å². The van der Waals surface area contributed by atoms with E-state index >= 15 is 0 Å². The van der Waals surface area contributed by atoms with Gasteiger partial charge in [0.1, 0.15) is 0 Å². The Bertz CT molecular complexity index is 725. The van der Waals surface area contributed by atoms with Crippen LogP contribution in [0, 0.1) is 24.7 Å². The Labute approximate surface area is 172 Å². The van der Waals surface area contributed by atoms with Crippen LogP contribution in [-0.2, 0) is 0 Å². The lowest BCUT2D eigenvalue weighted by molar-refractivity contribution is 0.392. The van der Waals surface area contributed by atoms with Crippen LogP contribution in [0.1, 0.15) is 58.4 Å². The van der Waals surface area contributed by atoms with Crippen LogP contribution in [0.4, 0.5) is 5.69 Å². The van der Waals surface area contributed by atoms with Crippen molar-refractivity contribution in [3.63, 3.8) is 0 Å². The predicted octanol–water partition coefficient (Wildman–Crippen LogP) is 6.62. The van der Waals surface area contributed by atoms with Crippen molar-refractivity contribution in [3.8, 4) is 0 Å². The largest absolute Gasteiger partial charge is 0.385 e. The number of hydrogen-bond acceptors (Lipinski definition) is 2. The van der Waals surface area contributed by atoms with Crippen LogP contribution in [0.3, 0.4) is 0 Å². The summed E-state index contributed by atoms with van der Waals surface area (Å²) < 4.78 is 0. The van der Waals surface area contributed by atoms with Gasteiger partial charge < -0.3 is 10.6 Å². The summed E-state index contributed by atoms with van der Waals surface area (Å²) in [5, 5.41) is 7.43. The zero-order valence-corrected chi connectivity index (χ0v) is 18.2. The first-order valence-electron chi connectivity index (χ1n) is 11.1. The molecule has 152 valence electrons. The van der Waals surface area contributed by atoms with E-state index in [9.17, 15) is 0 Å². The SMILES string of the molecule is C=C(NC1C2=C(CCC=C2)CC1C)C(CC)CC(C)CNc1ccc(C)cc1. The summed E-state index contributed by atoms with van der Waals surface area (Å²) in [6.45, 7) is 14.6. The van der Waals surface area contributed by atoms with E-state index in [1.807, 2.05) is 0 Å². The molecule has 0 aromatic heterocycles. The highest BCUT2D eigenvalue weighted by Crippen LogP contribution is 2.38. The quantitative estimate of drug-likeness (QED) is 0.505. The van der Waals surface area contributed by atoms with Gasteiger partial charge in [-0.2, -0.15) is 0 Å². The molecule has 0 fully saturated rings. The number of nitrogens with one attached hydrogen (secondary N) is 2. The third-order valence-electron chi connectivity index (χ3n) is 6.51. The van der Waals surface area contributed by atoms with Gasteiger partial charge in [0.05, 0.1) is 6.04 Å². The van der Waals surface area contributed by atoms with Gasteiger partial charge in [-0.15, -0.1) is 0 Å². The number of rotatable bonds is 9. The summed E-state index contributed by atoms with van der Waals surface area (Å²) in [6, 6.07) is 9.13. The molecule has 0 bridgehead atoms. The molecule has 28 heavy (non-hydrogen) atoms. The fraction of sp³-hybridized carbons (Fsp3) is 0.538. The molecule has 2 aliphatic carbocycles. The second kappa shape index (κ2) is 9.49. The highest BCUT2D eigenvalue weighted by atomic mass is 14.9. The first-order valence-corrected chi connectivity index (χ1v) is 11.1. The number of aryl methyl sites for hydroxylation is 1. The molecule has 3 rings (SSSR count). The summed E-state index contributed by atoms with van der Waals surface area (Å²) >= 11 is 0. The Kier molecular flexibility index (Phi) is 7.04. The van der Waals surface area contributed by atoms with E-state index in [0.29, 0.717) is 23.8 Å². The number of benzene rings is 1. The molecule has 4 atom stereocenters. The standard InChI is InChI=1S/C26H38N2/c1-6-22(15-19(3)17-27-24-13-11-18(2)12-14-24)21(5)28-26-20(4)16-23-9-7-8-10-25(23)26/h8,10-14,19-20,22,26-28H,5-7,9,15-17H2,1-4H3. The monoisotopic (exact) mass is 378 g/mol. The van der Waals surface area contributed by atoms with Gasteiger partial charge in [-0.25, -0.2) is 0 Å². The summed E-state index contributed by atoms with van der Waals surface area (Å²) in [4.78, 5) is 0. The second-order valence-corrected chi connectivity index (χ2v) is 9.02. The molecule has 2 N–H and O–H groups in total. The molecule has 2 heteroatoms. The zero-order valence-electron chi connectivity index (χ0n) is 18.2. The molecule has 0 amide bonds. The second-order valence-electron chi connectivity index (χ2n) is 9.02. The molecule has 1 aromatic carbocycles. The van der Waals surface area contributed by atoms with Crippen molar-refractivity contribution < 1.29 is 0 Å². The molecule has 2 aliphatic rings. The lowest BCUT2D eigenvalue weighted by Crippen LogP contribution is -2.35. The van der Waals surface area contributed by atoms with Crippen molar-refractivity contribution in [2.24, 2.45) is 17.8 Å². The Hall–Kier alpha value is -1.96. The van der Waals surface area contributed by atoms with Gasteiger partial charge >= 0.3 is 0 Å². The fourth-order valence-corrected chi connectivity index (χ4v) is 4.71. The van der Waals surface area contributed by atoms with E-state index in [2.05, 4.69) is 81.3 Å². The molecule has 4 unspecified atom stereocenters. The highest BCUT2D eigenvalue weighted by molar-refractivity contribution is 5.44. The molecule has 2 nitrogen and oxygen atoms in total. The van der Waals surface area contributed by atoms with E-state index in [1.54, 1.807) is 11.1 Å². The molecule has 1 aromatic rings. The van der Waals surface area contributed by atoms with Crippen LogP contribution >= 0.6 is 0 Å². The van der Waals surface area contributed by atoms with Crippen molar-refractivity contribution in [2.75, 3.05) is 11.9 Å². The molecular formula is C26H38N2. The van der Waals surface area contributed by atoms with Crippen molar-refractivity contribution in [2.45, 2.75) is 65.8 Å². The van der Waals surface area contributed by atoms with E-state index in [0.717, 1.165) is 13.0 Å². The maximum atomic E-state index is 4.46. The summed E-state index contributed by atoms with van der Waals surface area (Å²) in [5.74, 6) is 1.80. The average molecular weight is 379 g/mol. The molecular weight excluding hydrogens is 340 g/mol. The van der Waals surface area contributed by atoms with Crippen LogP contribution in [0.2, 0.25) is 0 Å². The van der Waals surface area contributed by atoms with Gasteiger partial charge in [0.2, 0.25) is 0 Å². The third kappa shape index (κ3) is 5.10. The summed E-state index contributed by atoms with van der Waals surface area (Å²) in [6.07, 6.45) is 10.7. The summed E-state index contributed by atoms with van der Waals surface area (Å²) in [5.41, 5.74) is 6.96. The minimum atomic E-state index is 0.453. The van der Waals surface area contributed by atoms with Crippen molar-refractivity contribution in [1.82, 2.24) is 5.32 Å². The average Bonchev–Trinajstić information content (AvgIpc) is 3.01. The Morgan fingerprint density at radius 3 is 2.71 bits per heavy atom. The first kappa shape index (κ1) is 20.8. The van der Waals surface area contributed by atoms with Crippen LogP contribution in [0.5, 0.6) is 0 Å². The number of hydrogen-bond donors (Lipinski definition) is 2. The molecule has 0 saturated heterocycles. The van der Waals surface area contributed by atoms with Crippen molar-refractivity contribution in [1.29, 1.82) is 0 Å². The minimum Gasteiger partial charge on any atom is -0.385 e. The Morgan fingerprint density at radius 1 is 1.25 bits per heavy atom. The van der Waals surface area contributed by atoms with Crippen molar-refractivity contribution in [3.05, 3.63) is 65.4 Å². The van der Waals surface area contributed by atoms with E-state index in [1.165, 1.54) is 42.6 Å². The fourth-order valence-electron chi connectivity index (χ4n) is 4.71. The molecule has 0 heterocycles. The maximum absolute atomic E-state index is 4.46. The van der Waals surface area contributed by atoms with Crippen LogP contribution < -0.4 is 10.6 Å². The van der Waals surface area contributed by atoms with Crippen LogP contribution in [0.25, 0.3) is 0 Å². The lowest BCUT2D eigenvalue weighted by Gasteiger charge is -2.29. The van der Waals surface area contributed by atoms with Gasteiger partial charge in [0.15, 0.2) is 0 Å². The van der Waals surface area contributed by atoms with Gasteiger partial charge in [-0.1, -0.05) is 62.8 Å². The number of anilines is 1. The maximum Gasteiger partial charge on any atom is 0.0538 e. The zero-order chi connectivity index (χ0) is 20.1. The highest BCUT2D eigenvalue weighted by Gasteiger charge is 2.32. The Morgan fingerprint density at radius 2 is 2.00 bits per heavy atom. The summed E-state index contributed by atoms with van der Waals surface area (Å²) in [7, 11) is 0. The smallest absolute Gasteiger partial charge is 0.0538 e. The topological polar surface area (TPSA) is 24.1 Å². The third-order valence-corrected chi connectivity index (χ3v) is 6.51. The molecule has 0 spiro atoms.